The van der Waals surface area contributed by atoms with Gasteiger partial charge in [-0.1, -0.05) is 0 Å². The summed E-state index contributed by atoms with van der Waals surface area (Å²) in [4.78, 5) is 12.0. The molecule has 4 nitrogen and oxygen atoms in total. The number of halogens is 2. The van der Waals surface area contributed by atoms with Crippen molar-refractivity contribution in [2.45, 2.75) is 19.9 Å². The normalized spacial score (nSPS) is 11.2. The van der Waals surface area contributed by atoms with Crippen molar-refractivity contribution < 1.29 is 23.4 Å². The van der Waals surface area contributed by atoms with E-state index in [0.29, 0.717) is 28.7 Å². The van der Waals surface area contributed by atoms with Crippen molar-refractivity contribution in [3.8, 4) is 5.75 Å². The maximum atomic E-state index is 14.1. The molecule has 0 bridgehead atoms. The van der Waals surface area contributed by atoms with E-state index in [1.165, 1.54) is 25.3 Å². The van der Waals surface area contributed by atoms with Crippen LogP contribution in [0, 0.1) is 17.9 Å². The van der Waals surface area contributed by atoms with Gasteiger partial charge < -0.3 is 14.4 Å². The smallest absolute Gasteiger partial charge is 0.307 e. The molecule has 7 heteroatoms. The van der Waals surface area contributed by atoms with Crippen LogP contribution in [0.1, 0.15) is 16.1 Å². The Morgan fingerprint density at radius 3 is 2.67 bits per heavy atom. The number of thiophene rings is 1. The fourth-order valence-electron chi connectivity index (χ4n) is 2.87. The van der Waals surface area contributed by atoms with Crippen LogP contribution in [-0.2, 0) is 17.8 Å². The molecule has 0 aliphatic carbocycles. The summed E-state index contributed by atoms with van der Waals surface area (Å²) in [5.41, 5.74) is 1.89. The number of methoxy groups -OCH3 is 1. The minimum absolute atomic E-state index is 0.0634. The zero-order valence-corrected chi connectivity index (χ0v) is 13.9. The van der Waals surface area contributed by atoms with Crippen LogP contribution in [0.5, 0.6) is 5.75 Å². The van der Waals surface area contributed by atoms with E-state index in [4.69, 9.17) is 4.74 Å². The second kappa shape index (κ2) is 6.24. The molecule has 0 fully saturated rings. The van der Waals surface area contributed by atoms with E-state index in [2.05, 4.69) is 0 Å². The molecular weight excluding hydrogens is 336 g/mol. The van der Waals surface area contributed by atoms with Crippen molar-refractivity contribution in [1.82, 2.24) is 4.57 Å². The first-order chi connectivity index (χ1) is 11.4. The van der Waals surface area contributed by atoms with Crippen molar-refractivity contribution in [2.24, 2.45) is 0 Å². The molecule has 126 valence electrons. The lowest BCUT2D eigenvalue weighted by molar-refractivity contribution is -0.136. The molecule has 0 aliphatic rings. The van der Waals surface area contributed by atoms with Gasteiger partial charge in [0.1, 0.15) is 0 Å². The minimum atomic E-state index is -0.970. The highest BCUT2D eigenvalue weighted by Crippen LogP contribution is 2.33. The number of hydrogen-bond acceptors (Lipinski definition) is 3. The van der Waals surface area contributed by atoms with E-state index >= 15 is 0 Å². The number of carbonyl (C=O) groups is 1. The monoisotopic (exact) mass is 351 g/mol. The summed E-state index contributed by atoms with van der Waals surface area (Å²) in [5.74, 6) is -1.43. The molecule has 0 spiro atoms. The number of benzene rings is 1. The van der Waals surface area contributed by atoms with Gasteiger partial charge in [-0.3, -0.25) is 4.79 Å². The van der Waals surface area contributed by atoms with Crippen LogP contribution >= 0.6 is 11.3 Å². The first-order valence-electron chi connectivity index (χ1n) is 7.22. The molecular formula is C17H15F2NO3S. The standard InChI is InChI=1S/C17H15F2NO3S/c1-9-11(6-17(21)22)12-5-15(23-2)13(18)7-14(12)20(9)8-10-3-4-16(19)24-10/h3-5,7H,6,8H2,1-2H3,(H,21,22). The Morgan fingerprint density at radius 2 is 2.08 bits per heavy atom. The quantitative estimate of drug-likeness (QED) is 0.757. The zero-order valence-electron chi connectivity index (χ0n) is 13.1. The van der Waals surface area contributed by atoms with E-state index in [0.717, 1.165) is 16.2 Å². The van der Waals surface area contributed by atoms with Crippen LogP contribution in [0.4, 0.5) is 8.78 Å². The number of aromatic nitrogens is 1. The van der Waals surface area contributed by atoms with Crippen molar-refractivity contribution >= 4 is 28.2 Å². The second-order valence-electron chi connectivity index (χ2n) is 5.43. The molecule has 2 aromatic heterocycles. The SMILES string of the molecule is COc1cc2c(CC(=O)O)c(C)n(Cc3ccc(F)s3)c2cc1F. The van der Waals surface area contributed by atoms with Crippen molar-refractivity contribution in [2.75, 3.05) is 7.11 Å². The van der Waals surface area contributed by atoms with Crippen molar-refractivity contribution in [3.63, 3.8) is 0 Å². The minimum Gasteiger partial charge on any atom is -0.494 e. The second-order valence-corrected chi connectivity index (χ2v) is 6.55. The van der Waals surface area contributed by atoms with Gasteiger partial charge in [0.25, 0.3) is 0 Å². The Hall–Kier alpha value is -2.41. The molecule has 0 amide bonds. The first-order valence-corrected chi connectivity index (χ1v) is 8.03. The van der Waals surface area contributed by atoms with Crippen LogP contribution in [-0.4, -0.2) is 22.8 Å². The van der Waals surface area contributed by atoms with Crippen LogP contribution in [0.3, 0.4) is 0 Å². The van der Waals surface area contributed by atoms with Gasteiger partial charge in [-0.2, -0.15) is 4.39 Å². The summed E-state index contributed by atoms with van der Waals surface area (Å²) < 4.78 is 34.2. The molecule has 3 rings (SSSR count). The highest BCUT2D eigenvalue weighted by Gasteiger charge is 2.19. The lowest BCUT2D eigenvalue weighted by Gasteiger charge is -2.08. The molecule has 24 heavy (non-hydrogen) atoms. The number of ether oxygens (including phenoxy) is 1. The van der Waals surface area contributed by atoms with Gasteiger partial charge in [0.2, 0.25) is 0 Å². The molecule has 0 saturated heterocycles. The topological polar surface area (TPSA) is 51.5 Å². The number of carboxylic acids is 1. The molecule has 1 aromatic carbocycles. The van der Waals surface area contributed by atoms with Gasteiger partial charge in [-0.05, 0) is 30.7 Å². The summed E-state index contributed by atoms with van der Waals surface area (Å²) in [6.07, 6.45) is -0.178. The molecule has 3 aromatic rings. The van der Waals surface area contributed by atoms with Crippen LogP contribution in [0.2, 0.25) is 0 Å². The summed E-state index contributed by atoms with van der Waals surface area (Å²) in [6.45, 7) is 2.13. The van der Waals surface area contributed by atoms with E-state index < -0.39 is 11.8 Å². The summed E-state index contributed by atoms with van der Waals surface area (Å²) >= 11 is 1.01. The Labute approximate surface area is 140 Å². The van der Waals surface area contributed by atoms with Crippen molar-refractivity contribution in [1.29, 1.82) is 0 Å². The Morgan fingerprint density at radius 1 is 1.33 bits per heavy atom. The lowest BCUT2D eigenvalue weighted by Crippen LogP contribution is -2.04. The Balaban J connectivity index is 2.21. The highest BCUT2D eigenvalue weighted by atomic mass is 32.1. The predicted octanol–water partition coefficient (Wildman–Crippen LogP) is 3.97. The third-order valence-corrected chi connectivity index (χ3v) is 4.86. The number of carboxylic acid groups (broad SMARTS) is 1. The van der Waals surface area contributed by atoms with E-state index in [1.54, 1.807) is 17.6 Å². The average Bonchev–Trinajstić information content (AvgIpc) is 3.03. The summed E-state index contributed by atoms with van der Waals surface area (Å²) in [7, 11) is 1.36. The third-order valence-electron chi connectivity index (χ3n) is 4.00. The maximum absolute atomic E-state index is 14.1. The van der Waals surface area contributed by atoms with Gasteiger partial charge in [0.05, 0.1) is 25.6 Å². The molecule has 0 aliphatic heterocycles. The highest BCUT2D eigenvalue weighted by molar-refractivity contribution is 7.10. The van der Waals surface area contributed by atoms with Gasteiger partial charge in [-0.25, -0.2) is 4.39 Å². The number of hydrogen-bond donors (Lipinski definition) is 1. The van der Waals surface area contributed by atoms with Gasteiger partial charge >= 0.3 is 5.97 Å². The zero-order chi connectivity index (χ0) is 17.4. The predicted molar refractivity (Wildman–Crippen MR) is 87.9 cm³/mol. The fraction of sp³-hybridized carbons (Fsp3) is 0.235. The Bertz CT molecular complexity index is 930. The maximum Gasteiger partial charge on any atom is 0.307 e. The summed E-state index contributed by atoms with van der Waals surface area (Å²) in [6, 6.07) is 5.89. The summed E-state index contributed by atoms with van der Waals surface area (Å²) in [5, 5.41) is 9.51. The number of aliphatic carboxylic acids is 1. The fourth-order valence-corrected chi connectivity index (χ4v) is 3.59. The molecule has 0 saturated carbocycles. The van der Waals surface area contributed by atoms with Gasteiger partial charge in [0.15, 0.2) is 16.7 Å². The van der Waals surface area contributed by atoms with Gasteiger partial charge in [-0.15, -0.1) is 11.3 Å². The number of fused-ring (bicyclic) bond motifs is 1. The van der Waals surface area contributed by atoms with Crippen LogP contribution < -0.4 is 4.74 Å². The Kier molecular flexibility index (Phi) is 4.28. The third kappa shape index (κ3) is 2.87. The van der Waals surface area contributed by atoms with Gasteiger partial charge in [0, 0.05) is 22.0 Å². The number of nitrogens with zero attached hydrogens (tertiary/aromatic N) is 1. The van der Waals surface area contributed by atoms with E-state index in [-0.39, 0.29) is 17.3 Å². The molecule has 0 unspecified atom stereocenters. The molecule has 0 radical (unpaired) electrons. The molecule has 1 N–H and O–H groups in total. The largest absolute Gasteiger partial charge is 0.494 e. The molecule has 2 heterocycles. The van der Waals surface area contributed by atoms with Crippen LogP contribution in [0.15, 0.2) is 24.3 Å². The van der Waals surface area contributed by atoms with E-state index in [1.807, 2.05) is 0 Å². The lowest BCUT2D eigenvalue weighted by atomic mass is 10.1. The number of rotatable bonds is 5. The van der Waals surface area contributed by atoms with Crippen LogP contribution in [0.25, 0.3) is 10.9 Å². The first kappa shape index (κ1) is 16.4. The average molecular weight is 351 g/mol. The van der Waals surface area contributed by atoms with Crippen molar-refractivity contribution in [3.05, 3.63) is 51.3 Å². The van der Waals surface area contributed by atoms with E-state index in [9.17, 15) is 18.7 Å². The molecule has 0 atom stereocenters.